The third kappa shape index (κ3) is 7.32. The van der Waals surface area contributed by atoms with Crippen LogP contribution in [0.15, 0.2) is 48.5 Å². The molecule has 2 aromatic carbocycles. The van der Waals surface area contributed by atoms with Crippen LogP contribution in [0.25, 0.3) is 20.5 Å². The number of thiophene rings is 1. The summed E-state index contributed by atoms with van der Waals surface area (Å²) in [6.45, 7) is 18.2. The van der Waals surface area contributed by atoms with Gasteiger partial charge in [-0.25, -0.2) is 4.79 Å². The monoisotopic (exact) mass is 513 g/mol. The van der Waals surface area contributed by atoms with E-state index in [1.54, 1.807) is 11.3 Å². The lowest BCUT2D eigenvalue weighted by molar-refractivity contribution is 0.0462. The van der Waals surface area contributed by atoms with Crippen molar-refractivity contribution in [2.24, 2.45) is 0 Å². The predicted octanol–water partition coefficient (Wildman–Crippen LogP) is 8.71. The molecule has 0 atom stereocenters. The Kier molecular flexibility index (Phi) is 8.35. The zero-order valence-corrected chi connectivity index (χ0v) is 24.1. The summed E-state index contributed by atoms with van der Waals surface area (Å²) in [5, 5.41) is 4.18. The fourth-order valence-corrected chi connectivity index (χ4v) is 5.22. The van der Waals surface area contributed by atoms with Crippen LogP contribution in [0.5, 0.6) is 5.75 Å². The second-order valence-corrected chi connectivity index (χ2v) is 16.9. The molecule has 7 heteroatoms. The summed E-state index contributed by atoms with van der Waals surface area (Å²) in [4.78, 5) is 13.3. The zero-order valence-electron chi connectivity index (χ0n) is 22.3. The average molecular weight is 514 g/mol. The summed E-state index contributed by atoms with van der Waals surface area (Å²) >= 11 is 1.73. The van der Waals surface area contributed by atoms with Crippen molar-refractivity contribution in [1.82, 2.24) is 0 Å². The van der Waals surface area contributed by atoms with Gasteiger partial charge in [-0.2, -0.15) is 0 Å². The molecule has 0 aliphatic carbocycles. The van der Waals surface area contributed by atoms with E-state index in [1.165, 1.54) is 15.0 Å². The van der Waals surface area contributed by atoms with Crippen LogP contribution in [0, 0.1) is 0 Å². The van der Waals surface area contributed by atoms with Gasteiger partial charge in [-0.05, 0) is 85.7 Å². The highest BCUT2D eigenvalue weighted by Gasteiger charge is 2.36. The third-order valence-corrected chi connectivity index (χ3v) is 12.4. The maximum atomic E-state index is 12.1. The lowest BCUT2D eigenvalue weighted by Gasteiger charge is -2.36. The number of benzene rings is 2. The number of nitrogens with one attached hydrogen (secondary N) is 1. The van der Waals surface area contributed by atoms with E-state index >= 15 is 0 Å². The number of hydrogen-bond acceptors (Lipinski definition) is 5. The third-order valence-electron chi connectivity index (χ3n) is 6.75. The SMILES string of the molecule is CCC(C)(C)OC(=O)Nc1ccc(-c2cc3ccc(OCCO[Si](C)(C)C(C)(C)C)cc3s2)cc1. The van der Waals surface area contributed by atoms with Crippen LogP contribution >= 0.6 is 11.3 Å². The van der Waals surface area contributed by atoms with Crippen LogP contribution < -0.4 is 10.1 Å². The van der Waals surface area contributed by atoms with Crippen molar-refractivity contribution in [3.8, 4) is 16.2 Å². The molecular formula is C28H39NO4SSi. The number of ether oxygens (including phenoxy) is 2. The minimum absolute atomic E-state index is 0.197. The molecule has 1 heterocycles. The molecule has 190 valence electrons. The van der Waals surface area contributed by atoms with Gasteiger partial charge in [0.25, 0.3) is 0 Å². The van der Waals surface area contributed by atoms with Crippen LogP contribution in [0.4, 0.5) is 10.5 Å². The van der Waals surface area contributed by atoms with Crippen molar-refractivity contribution < 1.29 is 18.7 Å². The molecule has 0 unspecified atom stereocenters. The Morgan fingerprint density at radius 2 is 1.66 bits per heavy atom. The first-order valence-electron chi connectivity index (χ1n) is 12.2. The summed E-state index contributed by atoms with van der Waals surface area (Å²) in [5.41, 5.74) is 1.33. The molecule has 5 nitrogen and oxygen atoms in total. The smallest absolute Gasteiger partial charge is 0.412 e. The molecule has 0 saturated carbocycles. The van der Waals surface area contributed by atoms with Gasteiger partial charge in [-0.15, -0.1) is 11.3 Å². The molecule has 3 aromatic rings. The Labute approximate surface area is 214 Å². The molecule has 3 rings (SSSR count). The van der Waals surface area contributed by atoms with Crippen molar-refractivity contribution in [2.75, 3.05) is 18.5 Å². The molecule has 0 saturated heterocycles. The van der Waals surface area contributed by atoms with Gasteiger partial charge in [0, 0.05) is 15.3 Å². The number of rotatable bonds is 9. The van der Waals surface area contributed by atoms with Gasteiger partial charge in [0.2, 0.25) is 0 Å². The highest BCUT2D eigenvalue weighted by atomic mass is 32.1. The standard InChI is InChI=1S/C28H39NO4SSi/c1-9-28(5,6)33-26(30)29-22-13-10-20(11-14-22)24-18-21-12-15-23(19-25(21)34-24)31-16-17-32-35(7,8)27(2,3)4/h10-15,18-19H,9,16-17H2,1-8H3,(H,29,30). The van der Waals surface area contributed by atoms with E-state index in [9.17, 15) is 4.79 Å². The summed E-state index contributed by atoms with van der Waals surface area (Å²) in [6, 6.07) is 16.2. The fraction of sp³-hybridized carbons (Fsp3) is 0.464. The van der Waals surface area contributed by atoms with Gasteiger partial charge in [-0.3, -0.25) is 5.32 Å². The average Bonchev–Trinajstić information content (AvgIpc) is 3.19. The maximum absolute atomic E-state index is 12.1. The van der Waals surface area contributed by atoms with E-state index in [0.29, 0.717) is 18.9 Å². The van der Waals surface area contributed by atoms with E-state index in [0.717, 1.165) is 17.7 Å². The van der Waals surface area contributed by atoms with Gasteiger partial charge in [0.15, 0.2) is 8.32 Å². The van der Waals surface area contributed by atoms with Crippen LogP contribution in [0.1, 0.15) is 48.0 Å². The van der Waals surface area contributed by atoms with Gasteiger partial charge >= 0.3 is 6.09 Å². The first kappa shape index (κ1) is 27.2. The Balaban J connectivity index is 1.60. The number of hydrogen-bond donors (Lipinski definition) is 1. The van der Waals surface area contributed by atoms with Crippen LogP contribution in [0.3, 0.4) is 0 Å². The molecule has 1 N–H and O–H groups in total. The lowest BCUT2D eigenvalue weighted by Crippen LogP contribution is -2.41. The van der Waals surface area contributed by atoms with Crippen molar-refractivity contribution in [3.05, 3.63) is 48.5 Å². The van der Waals surface area contributed by atoms with Gasteiger partial charge in [0.1, 0.15) is 18.0 Å². The summed E-state index contributed by atoms with van der Waals surface area (Å²) in [7, 11) is -1.75. The second kappa shape index (κ2) is 10.7. The van der Waals surface area contributed by atoms with Crippen molar-refractivity contribution in [3.63, 3.8) is 0 Å². The second-order valence-electron chi connectivity index (χ2n) is 11.0. The number of amides is 1. The zero-order chi connectivity index (χ0) is 25.9. The van der Waals surface area contributed by atoms with Crippen LogP contribution in [-0.4, -0.2) is 33.2 Å². The summed E-state index contributed by atoms with van der Waals surface area (Å²) < 4.78 is 18.8. The molecule has 0 bridgehead atoms. The minimum Gasteiger partial charge on any atom is -0.491 e. The predicted molar refractivity (Wildman–Crippen MR) is 150 cm³/mol. The Morgan fingerprint density at radius 1 is 0.971 bits per heavy atom. The lowest BCUT2D eigenvalue weighted by atomic mass is 10.1. The molecule has 0 aliphatic heterocycles. The molecular weight excluding hydrogens is 474 g/mol. The van der Waals surface area contributed by atoms with Crippen molar-refractivity contribution in [2.45, 2.75) is 71.7 Å². The molecule has 0 radical (unpaired) electrons. The Bertz CT molecular complexity index is 1150. The van der Waals surface area contributed by atoms with E-state index in [4.69, 9.17) is 13.9 Å². The Hall–Kier alpha value is -2.35. The fourth-order valence-electron chi connectivity index (χ4n) is 3.10. The van der Waals surface area contributed by atoms with Crippen molar-refractivity contribution in [1.29, 1.82) is 0 Å². The summed E-state index contributed by atoms with van der Waals surface area (Å²) in [5.74, 6) is 0.859. The van der Waals surface area contributed by atoms with Gasteiger partial charge < -0.3 is 13.9 Å². The van der Waals surface area contributed by atoms with E-state index < -0.39 is 20.0 Å². The number of carbonyl (C=O) groups excluding carboxylic acids is 1. The first-order chi connectivity index (χ1) is 16.3. The Morgan fingerprint density at radius 3 is 2.29 bits per heavy atom. The van der Waals surface area contributed by atoms with Crippen LogP contribution in [0.2, 0.25) is 18.1 Å². The topological polar surface area (TPSA) is 56.8 Å². The summed E-state index contributed by atoms with van der Waals surface area (Å²) in [6.07, 6.45) is 0.316. The largest absolute Gasteiger partial charge is 0.491 e. The number of anilines is 1. The highest BCUT2D eigenvalue weighted by molar-refractivity contribution is 7.22. The quantitative estimate of drug-likeness (QED) is 0.230. The van der Waals surface area contributed by atoms with E-state index in [2.05, 4.69) is 57.4 Å². The number of fused-ring (bicyclic) bond motifs is 1. The van der Waals surface area contributed by atoms with Gasteiger partial charge in [-0.1, -0.05) is 39.8 Å². The van der Waals surface area contributed by atoms with E-state index in [1.807, 2.05) is 51.1 Å². The van der Waals surface area contributed by atoms with Crippen LogP contribution in [-0.2, 0) is 9.16 Å². The highest BCUT2D eigenvalue weighted by Crippen LogP contribution is 2.37. The molecule has 0 fully saturated rings. The maximum Gasteiger partial charge on any atom is 0.412 e. The normalized spacial score (nSPS) is 12.6. The molecule has 35 heavy (non-hydrogen) atoms. The first-order valence-corrected chi connectivity index (χ1v) is 15.9. The molecule has 1 amide bonds. The van der Waals surface area contributed by atoms with E-state index in [-0.39, 0.29) is 5.04 Å². The molecule has 0 aliphatic rings. The molecule has 1 aromatic heterocycles. The minimum atomic E-state index is -1.75. The van der Waals surface area contributed by atoms with Gasteiger partial charge in [0.05, 0.1) is 6.61 Å². The molecule has 0 spiro atoms. The van der Waals surface area contributed by atoms with Crippen molar-refractivity contribution >= 4 is 41.5 Å². The number of carbonyl (C=O) groups is 1.